The molecule has 8 heteroatoms. The highest BCUT2D eigenvalue weighted by Crippen LogP contribution is 2.21. The van der Waals surface area contributed by atoms with Crippen molar-refractivity contribution in [1.29, 1.82) is 0 Å². The smallest absolute Gasteiger partial charge is 0.350 e. The molecule has 1 fully saturated rings. The quantitative estimate of drug-likeness (QED) is 0.362. The van der Waals surface area contributed by atoms with E-state index in [1.165, 1.54) is 13.8 Å². The lowest BCUT2D eigenvalue weighted by Crippen LogP contribution is -2.43. The molecule has 2 rings (SSSR count). The summed E-state index contributed by atoms with van der Waals surface area (Å²) < 4.78 is 10.6. The zero-order chi connectivity index (χ0) is 16.3. The van der Waals surface area contributed by atoms with Crippen LogP contribution >= 0.6 is 15.9 Å². The first-order valence-electron chi connectivity index (χ1n) is 6.27. The summed E-state index contributed by atoms with van der Waals surface area (Å²) >= 11 is 3.25. The Morgan fingerprint density at radius 2 is 1.86 bits per heavy atom. The molecule has 0 aromatic heterocycles. The highest BCUT2D eigenvalue weighted by Gasteiger charge is 2.38. The third-order valence-corrected chi connectivity index (χ3v) is 3.10. The van der Waals surface area contributed by atoms with Crippen molar-refractivity contribution in [1.82, 2.24) is 10.9 Å². The zero-order valence-corrected chi connectivity index (χ0v) is 13.4. The van der Waals surface area contributed by atoms with Gasteiger partial charge >= 0.3 is 11.9 Å². The molecule has 0 spiro atoms. The van der Waals surface area contributed by atoms with Crippen molar-refractivity contribution >= 4 is 33.8 Å². The number of benzene rings is 1. The predicted molar refractivity (Wildman–Crippen MR) is 79.1 cm³/mol. The van der Waals surface area contributed by atoms with Crippen molar-refractivity contribution in [2.75, 3.05) is 0 Å². The fourth-order valence-corrected chi connectivity index (χ4v) is 2.05. The van der Waals surface area contributed by atoms with E-state index in [0.29, 0.717) is 5.56 Å². The Kier molecular flexibility index (Phi) is 4.51. The Labute approximate surface area is 134 Å². The summed E-state index contributed by atoms with van der Waals surface area (Å²) in [6.45, 7) is 2.89. The van der Waals surface area contributed by atoms with Gasteiger partial charge < -0.3 is 14.9 Å². The summed E-state index contributed by atoms with van der Waals surface area (Å²) in [5, 5.41) is 0. The van der Waals surface area contributed by atoms with Gasteiger partial charge in [-0.3, -0.25) is 10.2 Å². The molecule has 1 amide bonds. The maximum atomic E-state index is 11.8. The van der Waals surface area contributed by atoms with E-state index in [0.717, 1.165) is 10.7 Å². The molecule has 0 aliphatic carbocycles. The molecule has 0 saturated carbocycles. The number of amides is 1. The van der Waals surface area contributed by atoms with Gasteiger partial charge in [-0.15, -0.1) is 0 Å². The van der Waals surface area contributed by atoms with Gasteiger partial charge in [0, 0.05) is 30.1 Å². The number of hydrogen-bond donors (Lipinski definition) is 2. The third kappa shape index (κ3) is 3.85. The maximum absolute atomic E-state index is 11.8. The Morgan fingerprint density at radius 1 is 1.23 bits per heavy atom. The van der Waals surface area contributed by atoms with Crippen LogP contribution in [0.2, 0.25) is 0 Å². The minimum atomic E-state index is -1.30. The highest BCUT2D eigenvalue weighted by atomic mass is 79.9. The van der Waals surface area contributed by atoms with Gasteiger partial charge in [0.25, 0.3) is 11.7 Å². The normalized spacial score (nSPS) is 16.4. The lowest BCUT2D eigenvalue weighted by molar-refractivity contribution is -0.222. The van der Waals surface area contributed by atoms with Crippen LogP contribution in [0.4, 0.5) is 0 Å². The van der Waals surface area contributed by atoms with Crippen LogP contribution < -0.4 is 10.9 Å². The van der Waals surface area contributed by atoms with Gasteiger partial charge in [-0.05, 0) is 18.2 Å². The Morgan fingerprint density at radius 3 is 2.45 bits per heavy atom. The second kappa shape index (κ2) is 6.18. The largest absolute Gasteiger partial charge is 0.419 e. The number of hydrazine groups is 1. The van der Waals surface area contributed by atoms with Crippen molar-refractivity contribution in [3.63, 3.8) is 0 Å². The van der Waals surface area contributed by atoms with Crippen LogP contribution in [-0.4, -0.2) is 23.6 Å². The topological polar surface area (TPSA) is 93.7 Å². The number of ether oxygens (including phenoxy) is 2. The molecular weight excluding hydrogens is 356 g/mol. The Bertz CT molecular complexity index is 647. The van der Waals surface area contributed by atoms with Crippen LogP contribution in [-0.2, 0) is 19.1 Å². The fourth-order valence-electron chi connectivity index (χ4n) is 1.65. The van der Waals surface area contributed by atoms with E-state index < -0.39 is 23.6 Å². The molecule has 0 unspecified atom stereocenters. The first kappa shape index (κ1) is 16.0. The molecule has 1 heterocycles. The van der Waals surface area contributed by atoms with Crippen LogP contribution in [0.3, 0.4) is 0 Å². The van der Waals surface area contributed by atoms with E-state index in [9.17, 15) is 14.4 Å². The summed E-state index contributed by atoms with van der Waals surface area (Å²) in [7, 11) is 0. The molecule has 1 saturated heterocycles. The van der Waals surface area contributed by atoms with Crippen molar-refractivity contribution in [2.45, 2.75) is 19.6 Å². The van der Waals surface area contributed by atoms with E-state index in [4.69, 9.17) is 9.47 Å². The van der Waals surface area contributed by atoms with Crippen LogP contribution in [0.5, 0.6) is 0 Å². The molecule has 1 aromatic carbocycles. The fraction of sp³-hybridized carbons (Fsp3) is 0.214. The molecule has 2 N–H and O–H groups in total. The van der Waals surface area contributed by atoms with Crippen LogP contribution in [0, 0.1) is 0 Å². The summed E-state index contributed by atoms with van der Waals surface area (Å²) in [6, 6.07) is 6.72. The maximum Gasteiger partial charge on any atom is 0.350 e. The molecule has 22 heavy (non-hydrogen) atoms. The van der Waals surface area contributed by atoms with Crippen molar-refractivity contribution < 1.29 is 23.9 Å². The van der Waals surface area contributed by atoms with Crippen LogP contribution in [0.25, 0.3) is 0 Å². The van der Waals surface area contributed by atoms with E-state index in [-0.39, 0.29) is 5.57 Å². The lowest BCUT2D eigenvalue weighted by Gasteiger charge is -2.29. The average molecular weight is 369 g/mol. The predicted octanol–water partition coefficient (Wildman–Crippen LogP) is 1.40. The molecule has 116 valence electrons. The van der Waals surface area contributed by atoms with Crippen molar-refractivity contribution in [3.05, 3.63) is 46.1 Å². The number of halogens is 1. The number of hydrogen-bond acceptors (Lipinski definition) is 6. The summed E-state index contributed by atoms with van der Waals surface area (Å²) in [5.74, 6) is -3.39. The van der Waals surface area contributed by atoms with Crippen LogP contribution in [0.1, 0.15) is 24.2 Å². The van der Waals surface area contributed by atoms with E-state index >= 15 is 0 Å². The number of carbonyl (C=O) groups excluding carboxylic acids is 3. The first-order valence-corrected chi connectivity index (χ1v) is 7.06. The third-order valence-electron chi connectivity index (χ3n) is 2.61. The van der Waals surface area contributed by atoms with Crippen molar-refractivity contribution in [2.24, 2.45) is 0 Å². The van der Waals surface area contributed by atoms with Gasteiger partial charge in [0.2, 0.25) is 0 Å². The van der Waals surface area contributed by atoms with Crippen LogP contribution in [0.15, 0.2) is 40.5 Å². The molecule has 0 bridgehead atoms. The molecule has 1 aromatic rings. The highest BCUT2D eigenvalue weighted by molar-refractivity contribution is 9.10. The lowest BCUT2D eigenvalue weighted by atomic mass is 10.2. The molecule has 0 radical (unpaired) electrons. The Hall–Kier alpha value is -2.35. The second-order valence-electron chi connectivity index (χ2n) is 4.85. The van der Waals surface area contributed by atoms with Crippen molar-refractivity contribution in [3.8, 4) is 0 Å². The number of cyclic esters (lactones) is 2. The number of nitrogens with one attached hydrogen (secondary N) is 2. The first-order chi connectivity index (χ1) is 10.3. The van der Waals surface area contributed by atoms with Gasteiger partial charge in [-0.2, -0.15) is 0 Å². The minimum absolute atomic E-state index is 0.339. The van der Waals surface area contributed by atoms with Gasteiger partial charge in [0.1, 0.15) is 0 Å². The average Bonchev–Trinajstić information content (AvgIpc) is 2.40. The van der Waals surface area contributed by atoms with E-state index in [1.807, 2.05) is 0 Å². The second-order valence-corrected chi connectivity index (χ2v) is 5.76. The summed E-state index contributed by atoms with van der Waals surface area (Å²) in [5.41, 5.74) is 4.78. The molecule has 1 aliphatic heterocycles. The van der Waals surface area contributed by atoms with Gasteiger partial charge in [-0.1, -0.05) is 22.0 Å². The number of carbonyl (C=O) groups is 3. The molecule has 1 aliphatic rings. The Balaban J connectivity index is 1.99. The van der Waals surface area contributed by atoms with Gasteiger partial charge in [0.05, 0.1) is 0 Å². The zero-order valence-electron chi connectivity index (χ0n) is 11.8. The molecule has 7 nitrogen and oxygen atoms in total. The number of esters is 2. The summed E-state index contributed by atoms with van der Waals surface area (Å²) in [6.07, 6.45) is 1.02. The minimum Gasteiger partial charge on any atom is -0.419 e. The van der Waals surface area contributed by atoms with Gasteiger partial charge in [-0.25, -0.2) is 9.59 Å². The molecular formula is C14H13BrN2O5. The SMILES string of the molecule is CC1(C)OC(=O)C(=CNNC(=O)c2cccc(Br)c2)C(=O)O1. The summed E-state index contributed by atoms with van der Waals surface area (Å²) in [4.78, 5) is 35.2. The monoisotopic (exact) mass is 368 g/mol. The standard InChI is InChI=1S/C14H13BrN2O5/c1-14(2)21-12(19)10(13(20)22-14)7-16-17-11(18)8-4-3-5-9(15)6-8/h3-7,16H,1-2H3,(H,17,18). The van der Waals surface area contributed by atoms with Gasteiger partial charge in [0.15, 0.2) is 5.57 Å². The van der Waals surface area contributed by atoms with E-state index in [2.05, 4.69) is 26.8 Å². The number of rotatable bonds is 3. The molecule has 0 atom stereocenters. The van der Waals surface area contributed by atoms with E-state index in [1.54, 1.807) is 24.3 Å².